The molecule has 0 atom stereocenters. The van der Waals surface area contributed by atoms with Gasteiger partial charge in [0.1, 0.15) is 5.69 Å². The summed E-state index contributed by atoms with van der Waals surface area (Å²) in [5.74, 6) is 0. The zero-order valence-corrected chi connectivity index (χ0v) is 9.27. The molecule has 0 amide bonds. The fourth-order valence-corrected chi connectivity index (χ4v) is 1.50. The Hall–Kier alpha value is -2.18. The molecular weight excluding hydrogens is 247 g/mol. The maximum absolute atomic E-state index is 12.6. The Kier molecular flexibility index (Phi) is 2.90. The van der Waals surface area contributed by atoms with Gasteiger partial charge < -0.3 is 0 Å². The Bertz CT molecular complexity index is 589. The summed E-state index contributed by atoms with van der Waals surface area (Å²) in [4.78, 5) is 10.8. The summed E-state index contributed by atoms with van der Waals surface area (Å²) in [5, 5.41) is 7.30. The molecule has 0 bridgehead atoms. The van der Waals surface area contributed by atoms with Gasteiger partial charge in [0, 0.05) is 0 Å². The van der Waals surface area contributed by atoms with Gasteiger partial charge in [-0.2, -0.15) is 13.2 Å². The molecule has 0 fully saturated rings. The van der Waals surface area contributed by atoms with E-state index in [1.807, 2.05) is 0 Å². The SMILES string of the molecule is Cc1nnn(-c2cccc(C(F)(F)F)c2)c1C=O. The second-order valence-electron chi connectivity index (χ2n) is 3.64. The van der Waals surface area contributed by atoms with Crippen molar-refractivity contribution in [1.82, 2.24) is 15.0 Å². The van der Waals surface area contributed by atoms with Crippen LogP contribution in [0.5, 0.6) is 0 Å². The average molecular weight is 255 g/mol. The third kappa shape index (κ3) is 2.11. The number of benzene rings is 1. The maximum Gasteiger partial charge on any atom is 0.416 e. The van der Waals surface area contributed by atoms with Gasteiger partial charge in [-0.3, -0.25) is 4.79 Å². The molecule has 0 aliphatic carbocycles. The van der Waals surface area contributed by atoms with E-state index in [1.165, 1.54) is 12.1 Å². The largest absolute Gasteiger partial charge is 0.416 e. The molecule has 1 aromatic carbocycles. The van der Waals surface area contributed by atoms with Crippen LogP contribution in [0.25, 0.3) is 5.69 Å². The topological polar surface area (TPSA) is 47.8 Å². The summed E-state index contributed by atoms with van der Waals surface area (Å²) in [6.45, 7) is 1.56. The van der Waals surface area contributed by atoms with Crippen molar-refractivity contribution >= 4 is 6.29 Å². The van der Waals surface area contributed by atoms with Crippen LogP contribution < -0.4 is 0 Å². The number of hydrogen-bond donors (Lipinski definition) is 0. The van der Waals surface area contributed by atoms with Crippen LogP contribution in [0.15, 0.2) is 24.3 Å². The summed E-state index contributed by atoms with van der Waals surface area (Å²) in [6.07, 6.45) is -3.93. The molecular formula is C11H8F3N3O. The van der Waals surface area contributed by atoms with Gasteiger partial charge in [-0.15, -0.1) is 5.10 Å². The summed E-state index contributed by atoms with van der Waals surface area (Å²) < 4.78 is 38.8. The second kappa shape index (κ2) is 4.25. The number of halogens is 3. The van der Waals surface area contributed by atoms with Gasteiger partial charge in [0.05, 0.1) is 16.9 Å². The van der Waals surface area contributed by atoms with Crippen LogP contribution in [-0.2, 0) is 6.18 Å². The van der Waals surface area contributed by atoms with E-state index in [0.29, 0.717) is 12.0 Å². The molecule has 0 saturated carbocycles. The van der Waals surface area contributed by atoms with Crippen molar-refractivity contribution < 1.29 is 18.0 Å². The van der Waals surface area contributed by atoms with Gasteiger partial charge in [-0.1, -0.05) is 11.3 Å². The van der Waals surface area contributed by atoms with E-state index >= 15 is 0 Å². The first-order chi connectivity index (χ1) is 8.43. The van der Waals surface area contributed by atoms with E-state index in [4.69, 9.17) is 0 Å². The van der Waals surface area contributed by atoms with Crippen molar-refractivity contribution in [3.8, 4) is 5.69 Å². The highest BCUT2D eigenvalue weighted by Crippen LogP contribution is 2.30. The number of rotatable bonds is 2. The lowest BCUT2D eigenvalue weighted by Crippen LogP contribution is -2.08. The molecule has 18 heavy (non-hydrogen) atoms. The van der Waals surface area contributed by atoms with Crippen LogP contribution >= 0.6 is 0 Å². The zero-order chi connectivity index (χ0) is 13.3. The van der Waals surface area contributed by atoms with Crippen LogP contribution in [0.3, 0.4) is 0 Å². The highest BCUT2D eigenvalue weighted by Gasteiger charge is 2.30. The second-order valence-corrected chi connectivity index (χ2v) is 3.64. The van der Waals surface area contributed by atoms with Crippen LogP contribution in [0, 0.1) is 6.92 Å². The predicted octanol–water partition coefficient (Wildman–Crippen LogP) is 2.41. The molecule has 0 spiro atoms. The number of aryl methyl sites for hydroxylation is 1. The van der Waals surface area contributed by atoms with E-state index in [9.17, 15) is 18.0 Å². The molecule has 0 saturated heterocycles. The van der Waals surface area contributed by atoms with Gasteiger partial charge in [-0.25, -0.2) is 4.68 Å². The summed E-state index contributed by atoms with van der Waals surface area (Å²) in [7, 11) is 0. The highest BCUT2D eigenvalue weighted by molar-refractivity contribution is 5.74. The van der Waals surface area contributed by atoms with E-state index in [0.717, 1.165) is 16.8 Å². The fourth-order valence-electron chi connectivity index (χ4n) is 1.50. The lowest BCUT2D eigenvalue weighted by atomic mass is 10.2. The molecule has 0 radical (unpaired) electrons. The Labute approximate surface area is 100 Å². The molecule has 0 aliphatic heterocycles. The van der Waals surface area contributed by atoms with E-state index in [-0.39, 0.29) is 11.4 Å². The minimum Gasteiger partial charge on any atom is -0.296 e. The average Bonchev–Trinajstić information content (AvgIpc) is 2.69. The van der Waals surface area contributed by atoms with Crippen molar-refractivity contribution in [1.29, 1.82) is 0 Å². The normalized spacial score (nSPS) is 11.6. The molecule has 2 rings (SSSR count). The van der Waals surface area contributed by atoms with E-state index in [2.05, 4.69) is 10.3 Å². The van der Waals surface area contributed by atoms with Gasteiger partial charge in [0.25, 0.3) is 0 Å². The van der Waals surface area contributed by atoms with Gasteiger partial charge in [-0.05, 0) is 25.1 Å². The number of aldehydes is 1. The third-order valence-corrected chi connectivity index (χ3v) is 2.41. The molecule has 1 heterocycles. The zero-order valence-electron chi connectivity index (χ0n) is 9.27. The number of aromatic nitrogens is 3. The first kappa shape index (κ1) is 12.3. The molecule has 7 heteroatoms. The Morgan fingerprint density at radius 2 is 2.06 bits per heavy atom. The van der Waals surface area contributed by atoms with Crippen molar-refractivity contribution in [3.63, 3.8) is 0 Å². The number of alkyl halides is 3. The smallest absolute Gasteiger partial charge is 0.296 e. The molecule has 2 aromatic rings. The van der Waals surface area contributed by atoms with E-state index in [1.54, 1.807) is 6.92 Å². The third-order valence-electron chi connectivity index (χ3n) is 2.41. The first-order valence-electron chi connectivity index (χ1n) is 4.98. The quantitative estimate of drug-likeness (QED) is 0.774. The Morgan fingerprint density at radius 3 is 2.67 bits per heavy atom. The number of carbonyl (C=O) groups is 1. The summed E-state index contributed by atoms with van der Waals surface area (Å²) in [6, 6.07) is 4.55. The van der Waals surface area contributed by atoms with Crippen molar-refractivity contribution in [3.05, 3.63) is 41.2 Å². The molecule has 1 aromatic heterocycles. The fraction of sp³-hybridized carbons (Fsp3) is 0.182. The van der Waals surface area contributed by atoms with Gasteiger partial charge in [0.2, 0.25) is 0 Å². The van der Waals surface area contributed by atoms with Crippen molar-refractivity contribution in [2.24, 2.45) is 0 Å². The lowest BCUT2D eigenvalue weighted by molar-refractivity contribution is -0.137. The lowest BCUT2D eigenvalue weighted by Gasteiger charge is -2.08. The van der Waals surface area contributed by atoms with Gasteiger partial charge in [0.15, 0.2) is 6.29 Å². The molecule has 4 nitrogen and oxygen atoms in total. The minimum absolute atomic E-state index is 0.134. The van der Waals surface area contributed by atoms with E-state index < -0.39 is 11.7 Å². The molecule has 0 N–H and O–H groups in total. The van der Waals surface area contributed by atoms with Crippen molar-refractivity contribution in [2.75, 3.05) is 0 Å². The summed E-state index contributed by atoms with van der Waals surface area (Å²) in [5.41, 5.74) is -0.158. The van der Waals surface area contributed by atoms with Crippen LogP contribution in [0.1, 0.15) is 21.7 Å². The number of nitrogens with zero attached hydrogens (tertiary/aromatic N) is 3. The molecule has 94 valence electrons. The number of carbonyl (C=O) groups excluding carboxylic acids is 1. The van der Waals surface area contributed by atoms with Crippen LogP contribution in [0.2, 0.25) is 0 Å². The summed E-state index contributed by atoms with van der Waals surface area (Å²) >= 11 is 0. The molecule has 0 unspecified atom stereocenters. The standard InChI is InChI=1S/C11H8F3N3O/c1-7-10(6-18)17(16-15-7)9-4-2-3-8(5-9)11(12,13)14/h2-6H,1H3. The number of hydrogen-bond acceptors (Lipinski definition) is 3. The predicted molar refractivity (Wildman–Crippen MR) is 56.5 cm³/mol. The first-order valence-corrected chi connectivity index (χ1v) is 4.98. The van der Waals surface area contributed by atoms with Crippen LogP contribution in [0.4, 0.5) is 13.2 Å². The Balaban J connectivity index is 2.55. The van der Waals surface area contributed by atoms with Crippen LogP contribution in [-0.4, -0.2) is 21.3 Å². The minimum atomic E-state index is -4.44. The van der Waals surface area contributed by atoms with Gasteiger partial charge >= 0.3 is 6.18 Å². The van der Waals surface area contributed by atoms with Crippen molar-refractivity contribution in [2.45, 2.75) is 13.1 Å². The monoisotopic (exact) mass is 255 g/mol. The maximum atomic E-state index is 12.6. The molecule has 0 aliphatic rings. The highest BCUT2D eigenvalue weighted by atomic mass is 19.4. The Morgan fingerprint density at radius 1 is 1.33 bits per heavy atom.